The molecule has 0 aliphatic rings. The van der Waals surface area contributed by atoms with Gasteiger partial charge in [-0.1, -0.05) is 23.7 Å². The predicted octanol–water partition coefficient (Wildman–Crippen LogP) is 2.78. The molecular weight excluding hydrogens is 262 g/mol. The number of nitrogens with zero attached hydrogens (tertiary/aromatic N) is 2. The first-order valence-electron chi connectivity index (χ1n) is 6.28. The van der Waals surface area contributed by atoms with Crippen molar-refractivity contribution in [3.05, 3.63) is 41.4 Å². The second-order valence-corrected chi connectivity index (χ2v) is 4.95. The summed E-state index contributed by atoms with van der Waals surface area (Å²) in [5.74, 6) is 1.44. The summed E-state index contributed by atoms with van der Waals surface area (Å²) in [6.07, 6.45) is 2.70. The largest absolute Gasteiger partial charge is 0.439 e. The third kappa shape index (κ3) is 4.06. The Bertz CT molecular complexity index is 527. The Hall–Kier alpha value is -1.36. The van der Waals surface area contributed by atoms with Gasteiger partial charge in [0.05, 0.1) is 12.7 Å². The molecule has 1 aromatic heterocycles. The summed E-state index contributed by atoms with van der Waals surface area (Å²) in [5.41, 5.74) is 6.43. The van der Waals surface area contributed by atoms with Crippen molar-refractivity contribution < 1.29 is 4.42 Å². The third-order valence-electron chi connectivity index (χ3n) is 2.81. The summed E-state index contributed by atoms with van der Waals surface area (Å²) >= 11 is 5.96. The second kappa shape index (κ2) is 6.70. The highest BCUT2D eigenvalue weighted by Crippen LogP contribution is 2.23. The van der Waals surface area contributed by atoms with Crippen molar-refractivity contribution in [3.63, 3.8) is 0 Å². The smallest absolute Gasteiger partial charge is 0.209 e. The van der Waals surface area contributed by atoms with Gasteiger partial charge in [-0.15, -0.1) is 0 Å². The summed E-state index contributed by atoms with van der Waals surface area (Å²) in [4.78, 5) is 6.43. The summed E-state index contributed by atoms with van der Waals surface area (Å²) in [5, 5.41) is 0.690. The fraction of sp³-hybridized carbons (Fsp3) is 0.357. The van der Waals surface area contributed by atoms with E-state index in [-0.39, 0.29) is 0 Å². The van der Waals surface area contributed by atoms with E-state index < -0.39 is 0 Å². The van der Waals surface area contributed by atoms with Gasteiger partial charge >= 0.3 is 0 Å². The van der Waals surface area contributed by atoms with Gasteiger partial charge < -0.3 is 10.2 Å². The molecule has 0 saturated carbocycles. The van der Waals surface area contributed by atoms with Gasteiger partial charge in [0.15, 0.2) is 5.76 Å². The van der Waals surface area contributed by atoms with Gasteiger partial charge in [0.25, 0.3) is 0 Å². The van der Waals surface area contributed by atoms with Crippen LogP contribution < -0.4 is 5.73 Å². The van der Waals surface area contributed by atoms with Crippen molar-refractivity contribution >= 4 is 11.6 Å². The number of rotatable bonds is 6. The van der Waals surface area contributed by atoms with Crippen LogP contribution in [0, 0.1) is 0 Å². The third-order valence-corrected chi connectivity index (χ3v) is 3.05. The normalized spacial score (nSPS) is 11.2. The Morgan fingerprint density at radius 2 is 2.26 bits per heavy atom. The lowest BCUT2D eigenvalue weighted by molar-refractivity contribution is 0.288. The van der Waals surface area contributed by atoms with Crippen LogP contribution in [0.15, 0.2) is 34.9 Å². The van der Waals surface area contributed by atoms with E-state index in [9.17, 15) is 0 Å². The Balaban J connectivity index is 2.03. The Labute approximate surface area is 118 Å². The van der Waals surface area contributed by atoms with Crippen LogP contribution in [0.25, 0.3) is 11.3 Å². The predicted molar refractivity (Wildman–Crippen MR) is 77.0 cm³/mol. The van der Waals surface area contributed by atoms with Gasteiger partial charge in [-0.2, -0.15) is 0 Å². The number of halogens is 1. The zero-order chi connectivity index (χ0) is 13.7. The molecule has 1 heterocycles. The van der Waals surface area contributed by atoms with Crippen molar-refractivity contribution in [1.82, 2.24) is 9.88 Å². The van der Waals surface area contributed by atoms with Crippen LogP contribution in [-0.2, 0) is 6.54 Å². The average molecular weight is 280 g/mol. The maximum Gasteiger partial charge on any atom is 0.209 e. The minimum Gasteiger partial charge on any atom is -0.439 e. The van der Waals surface area contributed by atoms with Crippen LogP contribution >= 0.6 is 11.6 Å². The van der Waals surface area contributed by atoms with E-state index in [4.69, 9.17) is 21.8 Å². The van der Waals surface area contributed by atoms with Crippen molar-refractivity contribution in [2.75, 3.05) is 20.1 Å². The molecule has 0 saturated heterocycles. The molecule has 0 aliphatic heterocycles. The molecular formula is C14H18ClN3O. The Morgan fingerprint density at radius 1 is 1.42 bits per heavy atom. The zero-order valence-electron chi connectivity index (χ0n) is 11.0. The van der Waals surface area contributed by atoms with Crippen molar-refractivity contribution in [2.45, 2.75) is 13.0 Å². The quantitative estimate of drug-likeness (QED) is 0.883. The van der Waals surface area contributed by atoms with Gasteiger partial charge in [-0.05, 0) is 38.7 Å². The first kappa shape index (κ1) is 14.1. The Morgan fingerprint density at radius 3 is 3.00 bits per heavy atom. The molecule has 0 spiro atoms. The number of hydrogen-bond acceptors (Lipinski definition) is 4. The van der Waals surface area contributed by atoms with Crippen molar-refractivity contribution in [2.24, 2.45) is 5.73 Å². The molecule has 5 heteroatoms. The van der Waals surface area contributed by atoms with Gasteiger partial charge in [-0.25, -0.2) is 4.98 Å². The van der Waals surface area contributed by atoms with Crippen molar-refractivity contribution in [1.29, 1.82) is 0 Å². The van der Waals surface area contributed by atoms with Crippen LogP contribution in [0.3, 0.4) is 0 Å². The molecule has 19 heavy (non-hydrogen) atoms. The number of hydrogen-bond donors (Lipinski definition) is 1. The lowest BCUT2D eigenvalue weighted by atomic mass is 10.2. The number of aromatic nitrogens is 1. The standard InChI is InChI=1S/C14H18ClN3O/c1-18(7-3-6-16)10-14-17-9-13(19-14)11-4-2-5-12(15)8-11/h2,4-5,8-9H,3,6-7,10,16H2,1H3. The molecule has 102 valence electrons. The van der Waals surface area contributed by atoms with Crippen LogP contribution in [0.2, 0.25) is 5.02 Å². The monoisotopic (exact) mass is 279 g/mol. The highest BCUT2D eigenvalue weighted by molar-refractivity contribution is 6.30. The summed E-state index contributed by atoms with van der Waals surface area (Å²) in [6.45, 7) is 2.32. The highest BCUT2D eigenvalue weighted by atomic mass is 35.5. The maximum atomic E-state index is 5.96. The minimum atomic E-state index is 0.681. The molecule has 0 atom stereocenters. The van der Waals surface area contributed by atoms with E-state index in [1.165, 1.54) is 0 Å². The van der Waals surface area contributed by atoms with E-state index in [0.29, 0.717) is 24.0 Å². The average Bonchev–Trinajstić information content (AvgIpc) is 2.85. The lowest BCUT2D eigenvalue weighted by Crippen LogP contribution is -2.21. The number of oxazole rings is 1. The first-order valence-corrected chi connectivity index (χ1v) is 6.66. The molecule has 0 bridgehead atoms. The fourth-order valence-corrected chi connectivity index (χ4v) is 2.02. The highest BCUT2D eigenvalue weighted by Gasteiger charge is 2.08. The van der Waals surface area contributed by atoms with E-state index in [2.05, 4.69) is 9.88 Å². The maximum absolute atomic E-state index is 5.96. The summed E-state index contributed by atoms with van der Waals surface area (Å²) in [7, 11) is 2.03. The number of nitrogens with two attached hydrogens (primary N) is 1. The lowest BCUT2D eigenvalue weighted by Gasteiger charge is -2.13. The van der Waals surface area contributed by atoms with Gasteiger partial charge in [-0.3, -0.25) is 4.90 Å². The first-order chi connectivity index (χ1) is 9.19. The summed E-state index contributed by atoms with van der Waals surface area (Å²) in [6, 6.07) is 7.55. The van der Waals surface area contributed by atoms with Crippen molar-refractivity contribution in [3.8, 4) is 11.3 Å². The van der Waals surface area contributed by atoms with Crippen LogP contribution in [-0.4, -0.2) is 30.0 Å². The molecule has 1 aromatic carbocycles. The van der Waals surface area contributed by atoms with Crippen LogP contribution in [0.1, 0.15) is 12.3 Å². The van der Waals surface area contributed by atoms with Crippen LogP contribution in [0.4, 0.5) is 0 Å². The zero-order valence-corrected chi connectivity index (χ0v) is 11.7. The molecule has 0 aliphatic carbocycles. The Kier molecular flexibility index (Phi) is 4.96. The van der Waals surface area contributed by atoms with E-state index in [1.54, 1.807) is 6.20 Å². The second-order valence-electron chi connectivity index (χ2n) is 4.51. The van der Waals surface area contributed by atoms with Crippen LogP contribution in [0.5, 0.6) is 0 Å². The summed E-state index contributed by atoms with van der Waals surface area (Å²) < 4.78 is 5.73. The fourth-order valence-electron chi connectivity index (χ4n) is 1.83. The SMILES string of the molecule is CN(CCCN)Cc1ncc(-c2cccc(Cl)c2)o1. The molecule has 2 aromatic rings. The molecule has 2 N–H and O–H groups in total. The number of benzene rings is 1. The van der Waals surface area contributed by atoms with Gasteiger partial charge in [0.1, 0.15) is 0 Å². The molecule has 0 fully saturated rings. The molecule has 0 unspecified atom stereocenters. The molecule has 0 radical (unpaired) electrons. The molecule has 4 nitrogen and oxygen atoms in total. The molecule has 2 rings (SSSR count). The van der Waals surface area contributed by atoms with Gasteiger partial charge in [0, 0.05) is 10.6 Å². The van der Waals surface area contributed by atoms with E-state index >= 15 is 0 Å². The van der Waals surface area contributed by atoms with E-state index in [0.717, 1.165) is 24.3 Å². The molecule has 0 amide bonds. The topological polar surface area (TPSA) is 55.3 Å². The minimum absolute atomic E-state index is 0.681. The van der Waals surface area contributed by atoms with E-state index in [1.807, 2.05) is 31.3 Å². The van der Waals surface area contributed by atoms with Gasteiger partial charge in [0.2, 0.25) is 5.89 Å².